The lowest BCUT2D eigenvalue weighted by atomic mass is 9.86. The molecule has 124 valence electrons. The number of hydrogen-bond acceptors (Lipinski definition) is 2. The van der Waals surface area contributed by atoms with Gasteiger partial charge in [-0.2, -0.15) is 0 Å². The Labute approximate surface area is 139 Å². The van der Waals surface area contributed by atoms with Gasteiger partial charge in [0.2, 0.25) is 5.91 Å². The van der Waals surface area contributed by atoms with Crippen molar-refractivity contribution in [3.8, 4) is 0 Å². The summed E-state index contributed by atoms with van der Waals surface area (Å²) < 4.78 is 13.1. The summed E-state index contributed by atoms with van der Waals surface area (Å²) >= 11 is 0. The molecule has 2 fully saturated rings. The second-order valence-corrected chi connectivity index (χ2v) is 6.69. The van der Waals surface area contributed by atoms with E-state index in [1.807, 2.05) is 4.90 Å². The van der Waals surface area contributed by atoms with Crippen LogP contribution in [0.4, 0.5) is 10.1 Å². The van der Waals surface area contributed by atoms with Gasteiger partial charge in [-0.15, -0.1) is 0 Å². The number of likely N-dealkylation sites (tertiary alicyclic amines) is 1. The van der Waals surface area contributed by atoms with Crippen molar-refractivity contribution in [3.63, 3.8) is 0 Å². The Balaban J connectivity index is 1.50. The molecule has 2 amide bonds. The maximum atomic E-state index is 13.1. The van der Waals surface area contributed by atoms with Crippen LogP contribution in [0.5, 0.6) is 0 Å². The van der Waals surface area contributed by atoms with Crippen molar-refractivity contribution < 1.29 is 14.0 Å². The molecule has 2 aliphatic rings. The van der Waals surface area contributed by atoms with Gasteiger partial charge in [0.25, 0.3) is 5.91 Å². The number of aromatic amines is 1. The first-order chi connectivity index (χ1) is 11.6. The molecule has 0 radical (unpaired) electrons. The van der Waals surface area contributed by atoms with E-state index >= 15 is 0 Å². The molecule has 0 unspecified atom stereocenters. The van der Waals surface area contributed by atoms with Crippen molar-refractivity contribution in [2.75, 3.05) is 24.5 Å². The van der Waals surface area contributed by atoms with Gasteiger partial charge in [0.05, 0.1) is 0 Å². The Kier molecular flexibility index (Phi) is 3.40. The number of carbonyl (C=O) groups excluding carboxylic acids is 2. The second kappa shape index (κ2) is 5.47. The van der Waals surface area contributed by atoms with E-state index in [1.54, 1.807) is 35.4 Å². The zero-order valence-electron chi connectivity index (χ0n) is 13.2. The topological polar surface area (TPSA) is 56.4 Å². The number of halogens is 1. The van der Waals surface area contributed by atoms with Crippen molar-refractivity contribution in [2.24, 2.45) is 5.41 Å². The molecule has 2 aromatic rings. The fourth-order valence-electron chi connectivity index (χ4n) is 3.77. The Bertz CT molecular complexity index is 772. The molecule has 2 aliphatic heterocycles. The minimum Gasteiger partial charge on any atom is -0.357 e. The number of H-pyrrole nitrogens is 1. The molecular formula is C18H18FN3O2. The van der Waals surface area contributed by atoms with Crippen LogP contribution in [0.2, 0.25) is 0 Å². The number of aromatic nitrogens is 1. The van der Waals surface area contributed by atoms with Gasteiger partial charge in [-0.3, -0.25) is 9.59 Å². The number of anilines is 1. The molecule has 6 heteroatoms. The smallest absolute Gasteiger partial charge is 0.270 e. The molecule has 0 saturated carbocycles. The van der Waals surface area contributed by atoms with Crippen LogP contribution in [0.25, 0.3) is 0 Å². The van der Waals surface area contributed by atoms with Crippen molar-refractivity contribution in [1.82, 2.24) is 9.88 Å². The average molecular weight is 327 g/mol. The lowest BCUT2D eigenvalue weighted by Gasteiger charge is -2.24. The lowest BCUT2D eigenvalue weighted by molar-refractivity contribution is -0.117. The van der Waals surface area contributed by atoms with E-state index in [0.29, 0.717) is 37.4 Å². The van der Waals surface area contributed by atoms with Gasteiger partial charge in [0.15, 0.2) is 0 Å². The first-order valence-electron chi connectivity index (χ1n) is 8.05. The first-order valence-corrected chi connectivity index (χ1v) is 8.05. The summed E-state index contributed by atoms with van der Waals surface area (Å²) in [5.74, 6) is -0.302. The number of rotatable bonds is 2. The summed E-state index contributed by atoms with van der Waals surface area (Å²) in [6, 6.07) is 9.55. The van der Waals surface area contributed by atoms with Crippen molar-refractivity contribution in [1.29, 1.82) is 0 Å². The van der Waals surface area contributed by atoms with Crippen molar-refractivity contribution >= 4 is 17.5 Å². The van der Waals surface area contributed by atoms with Gasteiger partial charge >= 0.3 is 0 Å². The Hall–Kier alpha value is -2.63. The highest BCUT2D eigenvalue weighted by Gasteiger charge is 2.48. The van der Waals surface area contributed by atoms with Crippen LogP contribution in [0.15, 0.2) is 42.6 Å². The fourth-order valence-corrected chi connectivity index (χ4v) is 3.77. The number of amides is 2. The highest BCUT2D eigenvalue weighted by Crippen LogP contribution is 2.42. The fraction of sp³-hybridized carbons (Fsp3) is 0.333. The van der Waals surface area contributed by atoms with E-state index in [0.717, 1.165) is 6.42 Å². The largest absolute Gasteiger partial charge is 0.357 e. The predicted molar refractivity (Wildman–Crippen MR) is 87.1 cm³/mol. The van der Waals surface area contributed by atoms with Crippen LogP contribution in [-0.2, 0) is 4.79 Å². The summed E-state index contributed by atoms with van der Waals surface area (Å²) in [5.41, 5.74) is 1.09. The van der Waals surface area contributed by atoms with Gasteiger partial charge in [-0.25, -0.2) is 4.39 Å². The Morgan fingerprint density at radius 2 is 1.96 bits per heavy atom. The molecule has 1 spiro atoms. The van der Waals surface area contributed by atoms with Gasteiger partial charge < -0.3 is 14.8 Å². The summed E-state index contributed by atoms with van der Waals surface area (Å²) in [7, 11) is 0. The van der Waals surface area contributed by atoms with Crippen molar-refractivity contribution in [3.05, 3.63) is 54.1 Å². The zero-order chi connectivity index (χ0) is 16.7. The molecule has 3 heterocycles. The number of carbonyl (C=O) groups is 2. The molecule has 1 aromatic heterocycles. The summed E-state index contributed by atoms with van der Waals surface area (Å²) in [6.07, 6.45) is 2.97. The number of nitrogens with one attached hydrogen (secondary N) is 1. The maximum Gasteiger partial charge on any atom is 0.270 e. The Morgan fingerprint density at radius 3 is 2.67 bits per heavy atom. The van der Waals surface area contributed by atoms with Crippen LogP contribution in [0.1, 0.15) is 23.3 Å². The molecule has 24 heavy (non-hydrogen) atoms. The monoisotopic (exact) mass is 327 g/mol. The van der Waals surface area contributed by atoms with Crippen LogP contribution in [-0.4, -0.2) is 41.3 Å². The third-order valence-electron chi connectivity index (χ3n) is 5.01. The molecular weight excluding hydrogens is 309 g/mol. The number of hydrogen-bond donors (Lipinski definition) is 1. The summed E-state index contributed by atoms with van der Waals surface area (Å²) in [4.78, 5) is 31.4. The van der Waals surface area contributed by atoms with E-state index in [1.165, 1.54) is 12.1 Å². The molecule has 1 N–H and O–H groups in total. The van der Waals surface area contributed by atoms with Crippen LogP contribution in [0.3, 0.4) is 0 Å². The zero-order valence-corrected chi connectivity index (χ0v) is 13.2. The lowest BCUT2D eigenvalue weighted by Crippen LogP contribution is -2.34. The summed E-state index contributed by atoms with van der Waals surface area (Å²) in [5, 5.41) is 0. The molecule has 2 saturated heterocycles. The third kappa shape index (κ3) is 2.48. The van der Waals surface area contributed by atoms with Crippen LogP contribution >= 0.6 is 0 Å². The van der Waals surface area contributed by atoms with Crippen molar-refractivity contribution in [2.45, 2.75) is 12.8 Å². The molecule has 1 atom stereocenters. The van der Waals surface area contributed by atoms with E-state index in [9.17, 15) is 14.0 Å². The average Bonchev–Trinajstić information content (AvgIpc) is 3.29. The minimum absolute atomic E-state index is 0.0236. The van der Waals surface area contributed by atoms with Crippen LogP contribution < -0.4 is 4.90 Å². The molecule has 0 aliphatic carbocycles. The maximum absolute atomic E-state index is 13.1. The highest BCUT2D eigenvalue weighted by molar-refractivity contribution is 5.97. The summed E-state index contributed by atoms with van der Waals surface area (Å²) in [6.45, 7) is 1.81. The van der Waals surface area contributed by atoms with Gasteiger partial charge in [-0.1, -0.05) is 0 Å². The SMILES string of the molecule is O=C(c1ccc[nH]1)N1CC[C@@]2(CC(=O)N(c3ccc(F)cc3)C2)C1. The minimum atomic E-state index is -0.316. The molecule has 5 nitrogen and oxygen atoms in total. The second-order valence-electron chi connectivity index (χ2n) is 6.69. The van der Waals surface area contributed by atoms with E-state index < -0.39 is 0 Å². The molecule has 1 aromatic carbocycles. The van der Waals surface area contributed by atoms with Gasteiger partial charge in [-0.05, 0) is 42.8 Å². The number of benzene rings is 1. The molecule has 4 rings (SSSR count). The third-order valence-corrected chi connectivity index (χ3v) is 5.01. The van der Waals surface area contributed by atoms with Gasteiger partial charge in [0, 0.05) is 43.4 Å². The van der Waals surface area contributed by atoms with E-state index in [-0.39, 0.29) is 23.0 Å². The predicted octanol–water partition coefficient (Wildman–Crippen LogP) is 2.42. The van der Waals surface area contributed by atoms with E-state index in [4.69, 9.17) is 0 Å². The van der Waals surface area contributed by atoms with E-state index in [2.05, 4.69) is 4.98 Å². The quantitative estimate of drug-likeness (QED) is 0.921. The van der Waals surface area contributed by atoms with Gasteiger partial charge in [0.1, 0.15) is 11.5 Å². The Morgan fingerprint density at radius 1 is 1.17 bits per heavy atom. The normalized spacial score (nSPS) is 23.5. The standard InChI is InChI=1S/C18H18FN3O2/c19-13-3-5-14(6-4-13)22-12-18(10-16(22)23)7-9-21(11-18)17(24)15-2-1-8-20-15/h1-6,8,20H,7,9-12H2/t18-/m1/s1. The number of nitrogens with zero attached hydrogens (tertiary/aromatic N) is 2. The molecule has 0 bridgehead atoms. The highest BCUT2D eigenvalue weighted by atomic mass is 19.1. The first kappa shape index (κ1) is 14.9. The van der Waals surface area contributed by atoms with Crippen LogP contribution in [0, 0.1) is 11.2 Å².